The Morgan fingerprint density at radius 3 is 2.38 bits per heavy atom. The van der Waals surface area contributed by atoms with Crippen LogP contribution in [0.3, 0.4) is 0 Å². The number of hydrogen-bond acceptors (Lipinski definition) is 8. The van der Waals surface area contributed by atoms with Crippen molar-refractivity contribution in [1.29, 1.82) is 0 Å². The standard InChI is InChI=1S/C19H17F2N5O5S/c20-15-5-2-6-16(21)18(15)32(29,30)25-9-7-24(8-10-25)12-17-22-19(23-31-17)13-3-1-4-14(11-13)26(27)28/h1-6,11H,7-10,12H2. The summed E-state index contributed by atoms with van der Waals surface area (Å²) < 4.78 is 59.5. The molecular weight excluding hydrogens is 448 g/mol. The normalized spacial score (nSPS) is 15.7. The van der Waals surface area contributed by atoms with E-state index >= 15 is 0 Å². The van der Waals surface area contributed by atoms with Gasteiger partial charge in [0.1, 0.15) is 11.6 Å². The molecule has 0 amide bonds. The molecule has 1 fully saturated rings. The van der Waals surface area contributed by atoms with Crippen LogP contribution in [0.15, 0.2) is 51.9 Å². The van der Waals surface area contributed by atoms with Crippen LogP contribution in [0.5, 0.6) is 0 Å². The molecule has 0 saturated carbocycles. The zero-order valence-corrected chi connectivity index (χ0v) is 17.3. The van der Waals surface area contributed by atoms with E-state index in [1.165, 1.54) is 18.2 Å². The maximum absolute atomic E-state index is 14.0. The van der Waals surface area contributed by atoms with Crippen LogP contribution in [0.25, 0.3) is 11.4 Å². The Balaban J connectivity index is 1.41. The minimum Gasteiger partial charge on any atom is -0.338 e. The first-order valence-electron chi connectivity index (χ1n) is 9.49. The molecule has 0 bridgehead atoms. The van der Waals surface area contributed by atoms with Crippen molar-refractivity contribution in [1.82, 2.24) is 19.3 Å². The summed E-state index contributed by atoms with van der Waals surface area (Å²) >= 11 is 0. The van der Waals surface area contributed by atoms with E-state index in [1.54, 1.807) is 6.07 Å². The van der Waals surface area contributed by atoms with Gasteiger partial charge in [0.2, 0.25) is 21.7 Å². The van der Waals surface area contributed by atoms with Gasteiger partial charge in [0.15, 0.2) is 4.90 Å². The number of benzene rings is 2. The Kier molecular flexibility index (Phi) is 5.95. The molecule has 13 heteroatoms. The maximum atomic E-state index is 14.0. The van der Waals surface area contributed by atoms with Crippen LogP contribution in [0.2, 0.25) is 0 Å². The van der Waals surface area contributed by atoms with Crippen LogP contribution in [-0.2, 0) is 16.6 Å². The minimum atomic E-state index is -4.31. The molecule has 2 aromatic carbocycles. The predicted octanol–water partition coefficient (Wildman–Crippen LogP) is 2.43. The van der Waals surface area contributed by atoms with Crippen molar-refractivity contribution in [2.45, 2.75) is 11.4 Å². The smallest absolute Gasteiger partial charge is 0.270 e. The Morgan fingerprint density at radius 1 is 1.06 bits per heavy atom. The lowest BCUT2D eigenvalue weighted by Crippen LogP contribution is -2.48. The molecule has 4 rings (SSSR count). The summed E-state index contributed by atoms with van der Waals surface area (Å²) in [7, 11) is -4.31. The highest BCUT2D eigenvalue weighted by Gasteiger charge is 2.33. The Bertz CT molecular complexity index is 1240. The third-order valence-electron chi connectivity index (χ3n) is 4.99. The molecule has 1 aromatic heterocycles. The first kappa shape index (κ1) is 21.9. The van der Waals surface area contributed by atoms with Crippen LogP contribution in [0, 0.1) is 21.7 Å². The number of nitro groups is 1. The first-order valence-corrected chi connectivity index (χ1v) is 10.9. The number of sulfonamides is 1. The molecule has 0 N–H and O–H groups in total. The van der Waals surface area contributed by atoms with E-state index in [0.29, 0.717) is 5.56 Å². The fourth-order valence-corrected chi connectivity index (χ4v) is 4.90. The average molecular weight is 465 g/mol. The van der Waals surface area contributed by atoms with Gasteiger partial charge in [0, 0.05) is 43.9 Å². The molecule has 0 radical (unpaired) electrons. The highest BCUT2D eigenvalue weighted by Crippen LogP contribution is 2.25. The molecular formula is C19H17F2N5O5S. The van der Waals surface area contributed by atoms with Crippen LogP contribution < -0.4 is 0 Å². The molecule has 0 unspecified atom stereocenters. The molecule has 3 aromatic rings. The molecule has 10 nitrogen and oxygen atoms in total. The molecule has 32 heavy (non-hydrogen) atoms. The highest BCUT2D eigenvalue weighted by atomic mass is 32.2. The topological polar surface area (TPSA) is 123 Å². The van der Waals surface area contributed by atoms with E-state index in [4.69, 9.17) is 4.52 Å². The number of rotatable bonds is 6. The molecule has 0 spiro atoms. The zero-order valence-electron chi connectivity index (χ0n) is 16.5. The van der Waals surface area contributed by atoms with Gasteiger partial charge in [-0.3, -0.25) is 15.0 Å². The van der Waals surface area contributed by atoms with Crippen LogP contribution in [0.1, 0.15) is 5.89 Å². The third kappa shape index (κ3) is 4.35. The average Bonchev–Trinajstić information content (AvgIpc) is 3.22. The van der Waals surface area contributed by atoms with Gasteiger partial charge >= 0.3 is 0 Å². The SMILES string of the molecule is O=[N+]([O-])c1cccc(-c2noc(CN3CCN(S(=O)(=O)c4c(F)cccc4F)CC3)n2)c1. The number of nitro benzene ring substituents is 1. The summed E-state index contributed by atoms with van der Waals surface area (Å²) in [6, 6.07) is 8.73. The second kappa shape index (κ2) is 8.68. The summed E-state index contributed by atoms with van der Waals surface area (Å²) in [6.07, 6.45) is 0. The van der Waals surface area contributed by atoms with Crippen molar-refractivity contribution < 1.29 is 26.6 Å². The van der Waals surface area contributed by atoms with Gasteiger partial charge in [-0.2, -0.15) is 9.29 Å². The van der Waals surface area contributed by atoms with Crippen LogP contribution >= 0.6 is 0 Å². The van der Waals surface area contributed by atoms with E-state index < -0.39 is 31.5 Å². The van der Waals surface area contributed by atoms with E-state index in [2.05, 4.69) is 10.1 Å². The fraction of sp³-hybridized carbons (Fsp3) is 0.263. The molecule has 1 aliphatic rings. The van der Waals surface area contributed by atoms with Gasteiger partial charge in [-0.15, -0.1) is 0 Å². The molecule has 0 aliphatic carbocycles. The predicted molar refractivity (Wildman–Crippen MR) is 107 cm³/mol. The monoisotopic (exact) mass is 465 g/mol. The summed E-state index contributed by atoms with van der Waals surface area (Å²) in [5.74, 6) is -1.82. The molecule has 1 aliphatic heterocycles. The van der Waals surface area contributed by atoms with E-state index in [0.717, 1.165) is 22.5 Å². The van der Waals surface area contributed by atoms with Crippen molar-refractivity contribution in [3.8, 4) is 11.4 Å². The van der Waals surface area contributed by atoms with Gasteiger partial charge in [0.05, 0.1) is 11.5 Å². The number of non-ortho nitro benzene ring substituents is 1. The van der Waals surface area contributed by atoms with Crippen molar-refractivity contribution in [2.24, 2.45) is 0 Å². The zero-order chi connectivity index (χ0) is 22.9. The number of piperazine rings is 1. The lowest BCUT2D eigenvalue weighted by Gasteiger charge is -2.33. The summed E-state index contributed by atoms with van der Waals surface area (Å²) in [6.45, 7) is 0.849. The lowest BCUT2D eigenvalue weighted by molar-refractivity contribution is -0.384. The fourth-order valence-electron chi connectivity index (χ4n) is 3.37. The summed E-state index contributed by atoms with van der Waals surface area (Å²) in [5, 5.41) is 14.8. The van der Waals surface area contributed by atoms with E-state index in [-0.39, 0.29) is 50.1 Å². The lowest BCUT2D eigenvalue weighted by atomic mass is 10.2. The van der Waals surface area contributed by atoms with E-state index in [9.17, 15) is 27.3 Å². The Morgan fingerprint density at radius 2 is 1.72 bits per heavy atom. The summed E-state index contributed by atoms with van der Waals surface area (Å²) in [5.41, 5.74) is 0.328. The van der Waals surface area contributed by atoms with Gasteiger partial charge in [0.25, 0.3) is 5.69 Å². The number of hydrogen-bond donors (Lipinski definition) is 0. The van der Waals surface area contributed by atoms with Crippen LogP contribution in [-0.4, -0.2) is 58.9 Å². The van der Waals surface area contributed by atoms with Crippen LogP contribution in [0.4, 0.5) is 14.5 Å². The second-order valence-electron chi connectivity index (χ2n) is 7.05. The number of halogens is 2. The highest BCUT2D eigenvalue weighted by molar-refractivity contribution is 7.89. The summed E-state index contributed by atoms with van der Waals surface area (Å²) in [4.78, 5) is 15.5. The minimum absolute atomic E-state index is 0.0297. The third-order valence-corrected chi connectivity index (χ3v) is 6.94. The maximum Gasteiger partial charge on any atom is 0.270 e. The van der Waals surface area contributed by atoms with Crippen molar-refractivity contribution in [2.75, 3.05) is 26.2 Å². The molecule has 1 saturated heterocycles. The van der Waals surface area contributed by atoms with Gasteiger partial charge in [-0.25, -0.2) is 17.2 Å². The van der Waals surface area contributed by atoms with Gasteiger partial charge < -0.3 is 4.52 Å². The molecule has 0 atom stereocenters. The molecule has 2 heterocycles. The van der Waals surface area contributed by atoms with Gasteiger partial charge in [-0.05, 0) is 12.1 Å². The number of nitrogens with zero attached hydrogens (tertiary/aromatic N) is 5. The van der Waals surface area contributed by atoms with Crippen molar-refractivity contribution in [3.05, 3.63) is 70.1 Å². The molecule has 168 valence electrons. The van der Waals surface area contributed by atoms with E-state index in [1.807, 2.05) is 4.90 Å². The quantitative estimate of drug-likeness (QED) is 0.402. The largest absolute Gasteiger partial charge is 0.338 e. The van der Waals surface area contributed by atoms with Crippen molar-refractivity contribution in [3.63, 3.8) is 0 Å². The number of aromatic nitrogens is 2. The second-order valence-corrected chi connectivity index (χ2v) is 8.92. The Hall–Kier alpha value is -3.29. The Labute approximate surface area is 181 Å². The van der Waals surface area contributed by atoms with Gasteiger partial charge in [-0.1, -0.05) is 23.4 Å². The van der Waals surface area contributed by atoms with Crippen molar-refractivity contribution >= 4 is 15.7 Å². The first-order chi connectivity index (χ1) is 15.3.